The van der Waals surface area contributed by atoms with Gasteiger partial charge in [0, 0.05) is 43.8 Å². The second kappa shape index (κ2) is 9.92. The Morgan fingerprint density at radius 3 is 2.41 bits per heavy atom. The first kappa shape index (κ1) is 21.4. The van der Waals surface area contributed by atoms with Gasteiger partial charge in [-0.1, -0.05) is 46.3 Å². The summed E-state index contributed by atoms with van der Waals surface area (Å²) in [5, 5.41) is 2.91. The van der Waals surface area contributed by atoms with Gasteiger partial charge in [-0.15, -0.1) is 0 Å². The fraction of sp³-hybridized carbons (Fsp3) is 0.391. The number of hydrogen-bond acceptors (Lipinski definition) is 3. The lowest BCUT2D eigenvalue weighted by molar-refractivity contribution is -0.131. The topological polar surface area (TPSA) is 52.7 Å². The fourth-order valence-electron chi connectivity index (χ4n) is 3.78. The molecule has 0 bridgehead atoms. The van der Waals surface area contributed by atoms with Crippen LogP contribution >= 0.6 is 15.9 Å². The molecule has 2 aromatic rings. The molecule has 1 heterocycles. The highest BCUT2D eigenvalue weighted by Crippen LogP contribution is 2.26. The Bertz CT molecular complexity index is 847. The number of rotatable bonds is 7. The van der Waals surface area contributed by atoms with Gasteiger partial charge in [0.25, 0.3) is 0 Å². The van der Waals surface area contributed by atoms with Crippen molar-refractivity contribution in [2.24, 2.45) is 0 Å². The summed E-state index contributed by atoms with van der Waals surface area (Å²) in [5.41, 5.74) is 3.29. The fourth-order valence-corrected chi connectivity index (χ4v) is 4.04. The van der Waals surface area contributed by atoms with Crippen molar-refractivity contribution in [3.63, 3.8) is 0 Å². The number of hydrogen-bond donors (Lipinski definition) is 1. The highest BCUT2D eigenvalue weighted by Gasteiger charge is 2.21. The maximum atomic E-state index is 13.0. The van der Waals surface area contributed by atoms with Gasteiger partial charge in [-0.05, 0) is 42.2 Å². The van der Waals surface area contributed by atoms with E-state index in [1.807, 2.05) is 37.4 Å². The van der Waals surface area contributed by atoms with Crippen LogP contribution in [-0.2, 0) is 16.1 Å². The molecule has 1 aliphatic heterocycles. The van der Waals surface area contributed by atoms with E-state index in [0.717, 1.165) is 28.7 Å². The van der Waals surface area contributed by atoms with Gasteiger partial charge in [0.1, 0.15) is 0 Å². The van der Waals surface area contributed by atoms with Crippen molar-refractivity contribution >= 4 is 33.4 Å². The van der Waals surface area contributed by atoms with Gasteiger partial charge in [-0.3, -0.25) is 9.59 Å². The first-order valence-electron chi connectivity index (χ1n) is 10.0. The maximum absolute atomic E-state index is 13.0. The number of amides is 2. The van der Waals surface area contributed by atoms with Gasteiger partial charge < -0.3 is 15.1 Å². The first-order chi connectivity index (χ1) is 13.9. The van der Waals surface area contributed by atoms with Gasteiger partial charge in [0.05, 0.1) is 12.5 Å². The highest BCUT2D eigenvalue weighted by atomic mass is 79.9. The van der Waals surface area contributed by atoms with E-state index in [0.29, 0.717) is 6.54 Å². The van der Waals surface area contributed by atoms with Crippen molar-refractivity contribution in [3.05, 3.63) is 64.1 Å². The van der Waals surface area contributed by atoms with E-state index in [9.17, 15) is 9.59 Å². The lowest BCUT2D eigenvalue weighted by Gasteiger charge is -2.26. The molecule has 2 aromatic carbocycles. The summed E-state index contributed by atoms with van der Waals surface area (Å²) in [6.07, 6.45) is 2.66. The number of carbonyl (C=O) groups excluding carboxylic acids is 2. The third kappa shape index (κ3) is 5.82. The largest absolute Gasteiger partial charge is 0.371 e. The summed E-state index contributed by atoms with van der Waals surface area (Å²) in [4.78, 5) is 28.8. The average molecular weight is 458 g/mol. The quantitative estimate of drug-likeness (QED) is 0.674. The van der Waals surface area contributed by atoms with Crippen molar-refractivity contribution in [2.45, 2.75) is 38.8 Å². The molecule has 1 N–H and O–H groups in total. The van der Waals surface area contributed by atoms with Gasteiger partial charge in [0.15, 0.2) is 0 Å². The zero-order valence-corrected chi connectivity index (χ0v) is 18.6. The van der Waals surface area contributed by atoms with Crippen LogP contribution < -0.4 is 10.2 Å². The minimum absolute atomic E-state index is 0.00268. The first-order valence-corrected chi connectivity index (χ1v) is 10.8. The van der Waals surface area contributed by atoms with Crippen LogP contribution in [0.2, 0.25) is 0 Å². The number of benzene rings is 2. The number of anilines is 1. The van der Waals surface area contributed by atoms with E-state index in [1.165, 1.54) is 25.5 Å². The van der Waals surface area contributed by atoms with Crippen LogP contribution in [-0.4, -0.2) is 36.9 Å². The lowest BCUT2D eigenvalue weighted by Crippen LogP contribution is -2.34. The third-order valence-electron chi connectivity index (χ3n) is 5.30. The van der Waals surface area contributed by atoms with E-state index < -0.39 is 0 Å². The molecule has 0 aliphatic carbocycles. The molecule has 1 atom stereocenters. The van der Waals surface area contributed by atoms with E-state index in [2.05, 4.69) is 44.3 Å². The van der Waals surface area contributed by atoms with Crippen molar-refractivity contribution in [1.82, 2.24) is 10.2 Å². The summed E-state index contributed by atoms with van der Waals surface area (Å²) in [7, 11) is 1.83. The maximum Gasteiger partial charge on any atom is 0.225 e. The van der Waals surface area contributed by atoms with Gasteiger partial charge in [-0.2, -0.15) is 0 Å². The molecule has 154 valence electrons. The summed E-state index contributed by atoms with van der Waals surface area (Å²) in [6, 6.07) is 15.7. The molecule has 1 fully saturated rings. The summed E-state index contributed by atoms with van der Waals surface area (Å²) in [6.45, 7) is 4.18. The van der Waals surface area contributed by atoms with Crippen molar-refractivity contribution in [1.29, 1.82) is 0 Å². The highest BCUT2D eigenvalue weighted by molar-refractivity contribution is 9.10. The molecule has 0 radical (unpaired) electrons. The van der Waals surface area contributed by atoms with Crippen LogP contribution in [0.1, 0.15) is 43.4 Å². The Balaban J connectivity index is 1.70. The number of carbonyl (C=O) groups is 2. The molecule has 2 amide bonds. The van der Waals surface area contributed by atoms with E-state index in [1.54, 1.807) is 4.90 Å². The Morgan fingerprint density at radius 2 is 1.76 bits per heavy atom. The summed E-state index contributed by atoms with van der Waals surface area (Å²) < 4.78 is 0.963. The number of nitrogens with zero attached hydrogens (tertiary/aromatic N) is 2. The van der Waals surface area contributed by atoms with Gasteiger partial charge in [0.2, 0.25) is 11.8 Å². The number of para-hydroxylation sites is 1. The zero-order chi connectivity index (χ0) is 20.8. The van der Waals surface area contributed by atoms with Crippen LogP contribution in [0.25, 0.3) is 0 Å². The van der Waals surface area contributed by atoms with E-state index in [-0.39, 0.29) is 24.3 Å². The average Bonchev–Trinajstić information content (AvgIpc) is 3.22. The van der Waals surface area contributed by atoms with Gasteiger partial charge >= 0.3 is 0 Å². The second-order valence-corrected chi connectivity index (χ2v) is 8.50. The predicted molar refractivity (Wildman–Crippen MR) is 120 cm³/mol. The molecule has 5 nitrogen and oxygen atoms in total. The molecule has 0 aromatic heterocycles. The van der Waals surface area contributed by atoms with Crippen LogP contribution in [0.3, 0.4) is 0 Å². The van der Waals surface area contributed by atoms with Crippen molar-refractivity contribution in [2.75, 3.05) is 25.0 Å². The molecule has 1 unspecified atom stereocenters. The second-order valence-electron chi connectivity index (χ2n) is 7.58. The van der Waals surface area contributed by atoms with Crippen LogP contribution in [0.15, 0.2) is 53.0 Å². The molecule has 29 heavy (non-hydrogen) atoms. The summed E-state index contributed by atoms with van der Waals surface area (Å²) >= 11 is 3.42. The van der Waals surface area contributed by atoms with Crippen molar-refractivity contribution < 1.29 is 9.59 Å². The molecule has 0 saturated carbocycles. The molecule has 3 rings (SSSR count). The van der Waals surface area contributed by atoms with Crippen molar-refractivity contribution in [3.8, 4) is 0 Å². The number of halogens is 1. The molecule has 1 saturated heterocycles. The van der Waals surface area contributed by atoms with Crippen LogP contribution in [0.5, 0.6) is 0 Å². The SMILES string of the molecule is CC(=O)NC(CC(=O)N(C)Cc1ccccc1N1CCCC1)c1ccc(Br)cc1. The Hall–Kier alpha value is -2.34. The molecular weight excluding hydrogens is 430 g/mol. The van der Waals surface area contributed by atoms with Gasteiger partial charge in [-0.25, -0.2) is 0 Å². The van der Waals surface area contributed by atoms with Crippen LogP contribution in [0, 0.1) is 0 Å². The van der Waals surface area contributed by atoms with Crippen LogP contribution in [0.4, 0.5) is 5.69 Å². The Kier molecular flexibility index (Phi) is 7.31. The molecule has 0 spiro atoms. The van der Waals surface area contributed by atoms with E-state index >= 15 is 0 Å². The minimum Gasteiger partial charge on any atom is -0.371 e. The Morgan fingerprint density at radius 1 is 1.10 bits per heavy atom. The molecule has 6 heteroatoms. The third-order valence-corrected chi connectivity index (χ3v) is 5.83. The molecular formula is C23H28BrN3O2. The minimum atomic E-state index is -0.343. The monoisotopic (exact) mass is 457 g/mol. The zero-order valence-electron chi connectivity index (χ0n) is 17.0. The smallest absolute Gasteiger partial charge is 0.225 e. The normalized spacial score (nSPS) is 14.5. The summed E-state index contributed by atoms with van der Waals surface area (Å²) in [5.74, 6) is -0.143. The standard InChI is InChI=1S/C23H28BrN3O2/c1-17(28)25-21(18-9-11-20(24)12-10-18)15-23(29)26(2)16-19-7-3-4-8-22(19)27-13-5-6-14-27/h3-4,7-12,21H,5-6,13-16H2,1-2H3,(H,25,28). The Labute approximate surface area is 181 Å². The van der Waals surface area contributed by atoms with E-state index in [4.69, 9.17) is 0 Å². The number of nitrogens with one attached hydrogen (secondary N) is 1. The lowest BCUT2D eigenvalue weighted by atomic mass is 10.0. The molecule has 1 aliphatic rings. The predicted octanol–water partition coefficient (Wildman–Crippen LogP) is 4.28.